The predicted molar refractivity (Wildman–Crippen MR) is 74.7 cm³/mol. The van der Waals surface area contributed by atoms with Gasteiger partial charge in [-0.05, 0) is 19.1 Å². The Kier molecular flexibility index (Phi) is 3.96. The summed E-state index contributed by atoms with van der Waals surface area (Å²) in [5, 5.41) is 6.89. The van der Waals surface area contributed by atoms with Gasteiger partial charge in [0.15, 0.2) is 0 Å². The summed E-state index contributed by atoms with van der Waals surface area (Å²) in [4.78, 5) is 16.1. The highest BCUT2D eigenvalue weighted by atomic mass is 16.5. The molecule has 110 valence electrons. The van der Waals surface area contributed by atoms with E-state index in [1.54, 1.807) is 24.5 Å². The van der Waals surface area contributed by atoms with Gasteiger partial charge in [0, 0.05) is 30.8 Å². The Morgan fingerprint density at radius 1 is 1.48 bits per heavy atom. The van der Waals surface area contributed by atoms with Gasteiger partial charge in [0.05, 0.1) is 30.5 Å². The number of amides is 1. The van der Waals surface area contributed by atoms with Gasteiger partial charge in [0.2, 0.25) is 0 Å². The second kappa shape index (κ2) is 6.05. The number of hydrogen-bond acceptors (Lipinski definition) is 5. The molecule has 6 heteroatoms. The summed E-state index contributed by atoms with van der Waals surface area (Å²) in [6, 6.07) is 5.38. The van der Waals surface area contributed by atoms with Crippen molar-refractivity contribution in [2.24, 2.45) is 5.92 Å². The average Bonchev–Trinajstić information content (AvgIpc) is 3.10. The first-order valence-corrected chi connectivity index (χ1v) is 6.93. The molecular formula is C15H17N3O3. The van der Waals surface area contributed by atoms with Crippen LogP contribution in [-0.4, -0.2) is 35.3 Å². The molecule has 0 saturated carbocycles. The van der Waals surface area contributed by atoms with Crippen molar-refractivity contribution in [2.45, 2.75) is 19.4 Å². The molecule has 2 aromatic rings. The third kappa shape index (κ3) is 3.28. The van der Waals surface area contributed by atoms with Crippen molar-refractivity contribution >= 4 is 5.91 Å². The van der Waals surface area contributed by atoms with Gasteiger partial charge in [0.1, 0.15) is 5.76 Å². The second-order valence-electron chi connectivity index (χ2n) is 5.26. The van der Waals surface area contributed by atoms with E-state index in [9.17, 15) is 4.79 Å². The summed E-state index contributed by atoms with van der Waals surface area (Å²) in [6.07, 6.45) is 3.91. The summed E-state index contributed by atoms with van der Waals surface area (Å²) >= 11 is 0. The van der Waals surface area contributed by atoms with Crippen LogP contribution < -0.4 is 5.32 Å². The van der Waals surface area contributed by atoms with E-state index in [1.165, 1.54) is 0 Å². The van der Waals surface area contributed by atoms with Crippen LogP contribution in [0.4, 0.5) is 0 Å². The SMILES string of the molecule is Cc1cc(C[C@@H]2COC[C@@H]2NC(=O)c2cccnc2)on1. The molecule has 2 aromatic heterocycles. The standard InChI is InChI=1S/C15H17N3O3/c1-10-5-13(21-18-10)6-12-8-20-9-14(12)17-15(19)11-3-2-4-16-7-11/h2-5,7,12,14H,6,8-9H2,1H3,(H,17,19)/t12-,14+/m1/s1. The van der Waals surface area contributed by atoms with Crippen molar-refractivity contribution in [3.8, 4) is 0 Å². The first-order chi connectivity index (χ1) is 10.2. The van der Waals surface area contributed by atoms with Crippen LogP contribution in [0.3, 0.4) is 0 Å². The maximum absolute atomic E-state index is 12.2. The van der Waals surface area contributed by atoms with Gasteiger partial charge in [-0.15, -0.1) is 0 Å². The van der Waals surface area contributed by atoms with Gasteiger partial charge in [-0.2, -0.15) is 0 Å². The van der Waals surface area contributed by atoms with E-state index < -0.39 is 0 Å². The number of hydrogen-bond donors (Lipinski definition) is 1. The minimum absolute atomic E-state index is 0.0249. The monoisotopic (exact) mass is 287 g/mol. The van der Waals surface area contributed by atoms with E-state index in [2.05, 4.69) is 15.5 Å². The lowest BCUT2D eigenvalue weighted by Crippen LogP contribution is -2.40. The number of aryl methyl sites for hydroxylation is 1. The second-order valence-corrected chi connectivity index (χ2v) is 5.26. The third-order valence-corrected chi connectivity index (χ3v) is 3.58. The van der Waals surface area contributed by atoms with Crippen LogP contribution in [0.2, 0.25) is 0 Å². The van der Waals surface area contributed by atoms with E-state index >= 15 is 0 Å². The highest BCUT2D eigenvalue weighted by molar-refractivity contribution is 5.94. The molecular weight excluding hydrogens is 270 g/mol. The van der Waals surface area contributed by atoms with Gasteiger partial charge in [-0.1, -0.05) is 5.16 Å². The van der Waals surface area contributed by atoms with Crippen molar-refractivity contribution in [1.82, 2.24) is 15.5 Å². The molecule has 2 atom stereocenters. The minimum atomic E-state index is -0.127. The number of rotatable bonds is 4. The van der Waals surface area contributed by atoms with Crippen LogP contribution in [0.25, 0.3) is 0 Å². The van der Waals surface area contributed by atoms with Crippen molar-refractivity contribution in [3.63, 3.8) is 0 Å². The number of pyridine rings is 1. The molecule has 0 spiro atoms. The van der Waals surface area contributed by atoms with E-state index in [0.717, 1.165) is 11.5 Å². The third-order valence-electron chi connectivity index (χ3n) is 3.58. The Morgan fingerprint density at radius 3 is 3.10 bits per heavy atom. The van der Waals surface area contributed by atoms with Gasteiger partial charge in [-0.25, -0.2) is 0 Å². The quantitative estimate of drug-likeness (QED) is 0.919. The van der Waals surface area contributed by atoms with Gasteiger partial charge < -0.3 is 14.6 Å². The van der Waals surface area contributed by atoms with Crippen LogP contribution in [0.5, 0.6) is 0 Å². The number of aromatic nitrogens is 2. The van der Waals surface area contributed by atoms with E-state index in [-0.39, 0.29) is 17.9 Å². The molecule has 1 fully saturated rings. The van der Waals surface area contributed by atoms with E-state index in [1.807, 2.05) is 13.0 Å². The summed E-state index contributed by atoms with van der Waals surface area (Å²) < 4.78 is 10.7. The van der Waals surface area contributed by atoms with Crippen LogP contribution in [0.1, 0.15) is 21.8 Å². The van der Waals surface area contributed by atoms with Crippen LogP contribution >= 0.6 is 0 Å². The fourth-order valence-corrected chi connectivity index (χ4v) is 2.48. The number of carbonyl (C=O) groups is 1. The molecule has 0 bridgehead atoms. The first-order valence-electron chi connectivity index (χ1n) is 6.93. The van der Waals surface area contributed by atoms with Crippen molar-refractivity contribution in [3.05, 3.63) is 47.6 Å². The average molecular weight is 287 g/mol. The molecule has 3 rings (SSSR count). The molecule has 1 aliphatic rings. The Hall–Kier alpha value is -2.21. The minimum Gasteiger partial charge on any atom is -0.379 e. The predicted octanol–water partition coefficient (Wildman–Crippen LogP) is 1.37. The highest BCUT2D eigenvalue weighted by Gasteiger charge is 2.31. The molecule has 1 aliphatic heterocycles. The van der Waals surface area contributed by atoms with Crippen molar-refractivity contribution in [1.29, 1.82) is 0 Å². The molecule has 3 heterocycles. The fraction of sp³-hybridized carbons (Fsp3) is 0.400. The van der Waals surface area contributed by atoms with Crippen LogP contribution in [-0.2, 0) is 11.2 Å². The topological polar surface area (TPSA) is 77.2 Å². The maximum Gasteiger partial charge on any atom is 0.253 e. The van der Waals surface area contributed by atoms with E-state index in [4.69, 9.17) is 9.26 Å². The molecule has 6 nitrogen and oxygen atoms in total. The molecule has 1 amide bonds. The molecule has 0 radical (unpaired) electrons. The first kappa shape index (κ1) is 13.8. The van der Waals surface area contributed by atoms with Gasteiger partial charge in [0.25, 0.3) is 5.91 Å². The Morgan fingerprint density at radius 2 is 2.38 bits per heavy atom. The van der Waals surface area contributed by atoms with Gasteiger partial charge >= 0.3 is 0 Å². The molecule has 1 saturated heterocycles. The van der Waals surface area contributed by atoms with E-state index in [0.29, 0.717) is 25.2 Å². The number of nitrogens with one attached hydrogen (secondary N) is 1. The number of ether oxygens (including phenoxy) is 1. The lowest BCUT2D eigenvalue weighted by atomic mass is 9.98. The maximum atomic E-state index is 12.2. The van der Waals surface area contributed by atoms with Crippen LogP contribution in [0, 0.1) is 12.8 Å². The molecule has 0 unspecified atom stereocenters. The molecule has 0 aliphatic carbocycles. The normalized spacial score (nSPS) is 21.4. The van der Waals surface area contributed by atoms with Crippen LogP contribution in [0.15, 0.2) is 35.1 Å². The molecule has 1 N–H and O–H groups in total. The zero-order valence-corrected chi connectivity index (χ0v) is 11.8. The molecule has 0 aromatic carbocycles. The lowest BCUT2D eigenvalue weighted by molar-refractivity contribution is 0.0924. The Bertz CT molecular complexity index is 612. The zero-order valence-electron chi connectivity index (χ0n) is 11.8. The summed E-state index contributed by atoms with van der Waals surface area (Å²) in [6.45, 7) is 3.02. The zero-order chi connectivity index (χ0) is 14.7. The Balaban J connectivity index is 1.63. The summed E-state index contributed by atoms with van der Waals surface area (Å²) in [5.74, 6) is 0.888. The summed E-state index contributed by atoms with van der Waals surface area (Å²) in [7, 11) is 0. The summed E-state index contributed by atoms with van der Waals surface area (Å²) in [5.41, 5.74) is 1.42. The van der Waals surface area contributed by atoms with Crippen molar-refractivity contribution in [2.75, 3.05) is 13.2 Å². The number of nitrogens with zero attached hydrogens (tertiary/aromatic N) is 2. The number of carbonyl (C=O) groups excluding carboxylic acids is 1. The fourth-order valence-electron chi connectivity index (χ4n) is 2.48. The van der Waals surface area contributed by atoms with Crippen molar-refractivity contribution < 1.29 is 14.1 Å². The lowest BCUT2D eigenvalue weighted by Gasteiger charge is -2.17. The Labute approximate surface area is 122 Å². The molecule has 21 heavy (non-hydrogen) atoms. The van der Waals surface area contributed by atoms with Gasteiger partial charge in [-0.3, -0.25) is 9.78 Å². The largest absolute Gasteiger partial charge is 0.379 e. The highest BCUT2D eigenvalue weighted by Crippen LogP contribution is 2.20. The smallest absolute Gasteiger partial charge is 0.253 e.